The van der Waals surface area contributed by atoms with Crippen molar-refractivity contribution in [2.75, 3.05) is 13.1 Å². The fraction of sp³-hybridized carbons (Fsp3) is 0.429. The fourth-order valence-electron chi connectivity index (χ4n) is 2.20. The Kier molecular flexibility index (Phi) is 3.29. The first-order valence-corrected chi connectivity index (χ1v) is 6.50. The molecule has 0 bridgehead atoms. The van der Waals surface area contributed by atoms with Crippen LogP contribution in [0.1, 0.15) is 30.1 Å². The van der Waals surface area contributed by atoms with E-state index in [0.29, 0.717) is 29.6 Å². The van der Waals surface area contributed by atoms with Gasteiger partial charge < -0.3 is 9.84 Å². The first-order valence-electron chi connectivity index (χ1n) is 6.50. The van der Waals surface area contributed by atoms with Crippen molar-refractivity contribution >= 4 is 0 Å². The largest absolute Gasteiger partial charge is 0.339 e. The highest BCUT2D eigenvalue weighted by Gasteiger charge is 2.28. The molecule has 5 heteroatoms. The van der Waals surface area contributed by atoms with Gasteiger partial charge in [-0.25, -0.2) is 4.39 Å². The van der Waals surface area contributed by atoms with E-state index in [2.05, 4.69) is 22.4 Å². The molecule has 1 atom stereocenters. The lowest BCUT2D eigenvalue weighted by Gasteiger charge is -2.30. The normalized spacial score (nSPS) is 17.2. The molecule has 0 radical (unpaired) electrons. The Labute approximate surface area is 111 Å². The molecule has 100 valence electrons. The summed E-state index contributed by atoms with van der Waals surface area (Å²) in [6.07, 6.45) is 0.367. The van der Waals surface area contributed by atoms with E-state index in [1.165, 1.54) is 6.07 Å². The molecule has 19 heavy (non-hydrogen) atoms. The van der Waals surface area contributed by atoms with Gasteiger partial charge in [-0.15, -0.1) is 0 Å². The van der Waals surface area contributed by atoms with Crippen molar-refractivity contribution in [2.24, 2.45) is 5.92 Å². The molecule has 1 aliphatic heterocycles. The topological polar surface area (TPSA) is 51.0 Å². The average Bonchev–Trinajstić information content (AvgIpc) is 2.78. The number of hydrogen-bond donors (Lipinski definition) is 1. The van der Waals surface area contributed by atoms with Crippen molar-refractivity contribution in [1.29, 1.82) is 0 Å². The van der Waals surface area contributed by atoms with Gasteiger partial charge in [-0.05, 0) is 30.6 Å². The van der Waals surface area contributed by atoms with Gasteiger partial charge in [-0.3, -0.25) is 0 Å². The molecule has 0 spiro atoms. The lowest BCUT2D eigenvalue weighted by atomic mass is 9.89. The van der Waals surface area contributed by atoms with Crippen LogP contribution in [0, 0.1) is 11.7 Å². The maximum Gasteiger partial charge on any atom is 0.229 e. The Balaban J connectivity index is 1.72. The fourth-order valence-corrected chi connectivity index (χ4v) is 2.20. The van der Waals surface area contributed by atoms with Crippen molar-refractivity contribution in [3.8, 4) is 0 Å². The molecule has 0 amide bonds. The zero-order valence-electron chi connectivity index (χ0n) is 10.8. The van der Waals surface area contributed by atoms with Crippen LogP contribution in [0.2, 0.25) is 0 Å². The number of halogens is 1. The van der Waals surface area contributed by atoms with Crippen LogP contribution in [0.4, 0.5) is 4.39 Å². The van der Waals surface area contributed by atoms with Gasteiger partial charge in [0.2, 0.25) is 5.89 Å². The van der Waals surface area contributed by atoms with Crippen LogP contribution >= 0.6 is 0 Å². The molecule has 1 unspecified atom stereocenters. The Morgan fingerprint density at radius 3 is 2.89 bits per heavy atom. The van der Waals surface area contributed by atoms with Crippen LogP contribution in [-0.4, -0.2) is 23.2 Å². The van der Waals surface area contributed by atoms with E-state index in [1.54, 1.807) is 12.1 Å². The quantitative estimate of drug-likeness (QED) is 0.916. The van der Waals surface area contributed by atoms with Crippen LogP contribution < -0.4 is 5.32 Å². The molecule has 2 heterocycles. The Morgan fingerprint density at radius 1 is 1.42 bits per heavy atom. The van der Waals surface area contributed by atoms with E-state index < -0.39 is 0 Å². The zero-order chi connectivity index (χ0) is 13.2. The van der Waals surface area contributed by atoms with Gasteiger partial charge in [0.25, 0.3) is 0 Å². The molecule has 1 saturated heterocycles. The van der Waals surface area contributed by atoms with Gasteiger partial charge in [0.05, 0.1) is 0 Å². The number of aromatic nitrogens is 2. The molecule has 1 fully saturated rings. The van der Waals surface area contributed by atoms with Crippen LogP contribution in [0.15, 0.2) is 28.8 Å². The maximum absolute atomic E-state index is 13.5. The second kappa shape index (κ2) is 5.09. The average molecular weight is 261 g/mol. The molecule has 1 aromatic heterocycles. The summed E-state index contributed by atoms with van der Waals surface area (Å²) in [5.74, 6) is 1.77. The third kappa shape index (κ3) is 2.51. The number of hydrogen-bond acceptors (Lipinski definition) is 4. The number of nitrogens with one attached hydrogen (secondary N) is 1. The van der Waals surface area contributed by atoms with Crippen LogP contribution in [0.25, 0.3) is 0 Å². The Morgan fingerprint density at radius 2 is 2.21 bits per heavy atom. The molecule has 2 aromatic rings. The predicted octanol–water partition coefficient (Wildman–Crippen LogP) is 2.12. The minimum Gasteiger partial charge on any atom is -0.339 e. The highest BCUT2D eigenvalue weighted by atomic mass is 19.1. The monoisotopic (exact) mass is 261 g/mol. The van der Waals surface area contributed by atoms with Gasteiger partial charge in [-0.2, -0.15) is 4.98 Å². The summed E-state index contributed by atoms with van der Waals surface area (Å²) in [4.78, 5) is 4.38. The molecule has 3 rings (SSSR count). The summed E-state index contributed by atoms with van der Waals surface area (Å²) in [7, 11) is 0. The molecule has 4 nitrogen and oxygen atoms in total. The maximum atomic E-state index is 13.5. The second-order valence-corrected chi connectivity index (χ2v) is 5.02. The summed E-state index contributed by atoms with van der Waals surface area (Å²) in [6.45, 7) is 4.07. The summed E-state index contributed by atoms with van der Waals surface area (Å²) in [6, 6.07) is 6.66. The standard InChI is InChI=1S/C14H16FN3O/c1-9(11-7-16-8-11)14-17-13(18-19-14)6-10-4-2-3-5-12(10)15/h2-5,9,11,16H,6-8H2,1H3. The molecule has 1 aromatic carbocycles. The van der Waals surface area contributed by atoms with Gasteiger partial charge in [0, 0.05) is 12.3 Å². The molecule has 1 N–H and O–H groups in total. The van der Waals surface area contributed by atoms with Gasteiger partial charge in [0.15, 0.2) is 5.82 Å². The number of nitrogens with zero attached hydrogens (tertiary/aromatic N) is 2. The van der Waals surface area contributed by atoms with E-state index in [4.69, 9.17) is 4.52 Å². The van der Waals surface area contributed by atoms with Crippen molar-refractivity contribution in [1.82, 2.24) is 15.5 Å². The van der Waals surface area contributed by atoms with E-state index in [1.807, 2.05) is 6.07 Å². The van der Waals surface area contributed by atoms with Crippen molar-refractivity contribution < 1.29 is 8.91 Å². The third-order valence-corrected chi connectivity index (χ3v) is 3.70. The second-order valence-electron chi connectivity index (χ2n) is 5.02. The van der Waals surface area contributed by atoms with Crippen LogP contribution in [0.5, 0.6) is 0 Å². The van der Waals surface area contributed by atoms with E-state index in [0.717, 1.165) is 13.1 Å². The van der Waals surface area contributed by atoms with Crippen molar-refractivity contribution in [3.05, 3.63) is 47.4 Å². The molecule has 0 saturated carbocycles. The molecule has 0 aliphatic carbocycles. The minimum atomic E-state index is -0.231. The smallest absolute Gasteiger partial charge is 0.229 e. The lowest BCUT2D eigenvalue weighted by molar-refractivity contribution is 0.252. The summed E-state index contributed by atoms with van der Waals surface area (Å²) >= 11 is 0. The molecule has 1 aliphatic rings. The van der Waals surface area contributed by atoms with Gasteiger partial charge in [-0.1, -0.05) is 30.3 Å². The minimum absolute atomic E-state index is 0.231. The highest BCUT2D eigenvalue weighted by molar-refractivity contribution is 5.20. The zero-order valence-corrected chi connectivity index (χ0v) is 10.8. The number of benzene rings is 1. The lowest BCUT2D eigenvalue weighted by Crippen LogP contribution is -2.44. The highest BCUT2D eigenvalue weighted by Crippen LogP contribution is 2.25. The molecular formula is C14H16FN3O. The third-order valence-electron chi connectivity index (χ3n) is 3.70. The first kappa shape index (κ1) is 12.3. The first-order chi connectivity index (χ1) is 9.24. The molecular weight excluding hydrogens is 245 g/mol. The van der Waals surface area contributed by atoms with E-state index in [9.17, 15) is 4.39 Å². The summed E-state index contributed by atoms with van der Waals surface area (Å²) < 4.78 is 18.8. The van der Waals surface area contributed by atoms with Crippen LogP contribution in [-0.2, 0) is 6.42 Å². The van der Waals surface area contributed by atoms with Crippen LogP contribution in [0.3, 0.4) is 0 Å². The van der Waals surface area contributed by atoms with Crippen molar-refractivity contribution in [3.63, 3.8) is 0 Å². The van der Waals surface area contributed by atoms with Crippen molar-refractivity contribution in [2.45, 2.75) is 19.3 Å². The summed E-state index contributed by atoms with van der Waals surface area (Å²) in [5, 5.41) is 7.17. The van der Waals surface area contributed by atoms with E-state index in [-0.39, 0.29) is 11.7 Å². The predicted molar refractivity (Wildman–Crippen MR) is 68.3 cm³/mol. The SMILES string of the molecule is CC(c1nc(Cc2ccccc2F)no1)C1CNC1. The number of rotatable bonds is 4. The van der Waals surface area contributed by atoms with Gasteiger partial charge in [0.1, 0.15) is 5.82 Å². The Hall–Kier alpha value is -1.75. The summed E-state index contributed by atoms with van der Waals surface area (Å²) in [5.41, 5.74) is 0.591. The van der Waals surface area contributed by atoms with Gasteiger partial charge >= 0.3 is 0 Å². The Bertz CT molecular complexity index is 565. The van der Waals surface area contributed by atoms with E-state index >= 15 is 0 Å².